The van der Waals surface area contributed by atoms with Gasteiger partial charge in [-0.3, -0.25) is 4.68 Å². The summed E-state index contributed by atoms with van der Waals surface area (Å²) in [5.41, 5.74) is 2.06. The zero-order valence-electron chi connectivity index (χ0n) is 12.9. The van der Waals surface area contributed by atoms with Crippen LogP contribution in [0.5, 0.6) is 5.75 Å². The van der Waals surface area contributed by atoms with Crippen LogP contribution in [0.25, 0.3) is 0 Å². The number of hydrogen-bond donors (Lipinski definition) is 1. The molecule has 0 saturated carbocycles. The highest BCUT2D eigenvalue weighted by Gasteiger charge is 2.27. The predicted molar refractivity (Wildman–Crippen MR) is 85.7 cm³/mol. The zero-order valence-corrected chi connectivity index (χ0v) is 14.5. The molecule has 5 nitrogen and oxygen atoms in total. The van der Waals surface area contributed by atoms with Crippen molar-refractivity contribution in [3.05, 3.63) is 34.5 Å². The van der Waals surface area contributed by atoms with E-state index in [9.17, 15) is 0 Å². The molecule has 0 aliphatic heterocycles. The number of hydrogen-bond acceptors (Lipinski definition) is 4. The third-order valence-corrected chi connectivity index (χ3v) is 3.98. The standard InChI is InChI=1S/C15H22BrN3O2/c1-5-7-17-13(11-6-8-21-15(11)16)14-12(20-4)9-18-19(14)10(2)3/h6,8-10,13,17H,5,7H2,1-4H3. The number of rotatable bonds is 7. The van der Waals surface area contributed by atoms with E-state index in [2.05, 4.69) is 47.1 Å². The van der Waals surface area contributed by atoms with E-state index in [0.29, 0.717) is 0 Å². The topological polar surface area (TPSA) is 52.2 Å². The van der Waals surface area contributed by atoms with E-state index in [-0.39, 0.29) is 12.1 Å². The van der Waals surface area contributed by atoms with E-state index in [1.165, 1.54) is 0 Å². The van der Waals surface area contributed by atoms with Crippen LogP contribution in [0.3, 0.4) is 0 Å². The van der Waals surface area contributed by atoms with Gasteiger partial charge in [0.15, 0.2) is 10.4 Å². The lowest BCUT2D eigenvalue weighted by molar-refractivity contribution is 0.392. The fourth-order valence-electron chi connectivity index (χ4n) is 2.35. The number of nitrogens with zero attached hydrogens (tertiary/aromatic N) is 2. The van der Waals surface area contributed by atoms with Crippen LogP contribution in [0.1, 0.15) is 50.5 Å². The molecule has 21 heavy (non-hydrogen) atoms. The maximum atomic E-state index is 5.51. The summed E-state index contributed by atoms with van der Waals surface area (Å²) in [6, 6.07) is 2.19. The molecule has 2 aromatic heterocycles. The van der Waals surface area contributed by atoms with Gasteiger partial charge in [0, 0.05) is 11.6 Å². The van der Waals surface area contributed by atoms with Gasteiger partial charge in [-0.25, -0.2) is 0 Å². The van der Waals surface area contributed by atoms with Crippen LogP contribution in [0, 0.1) is 0 Å². The van der Waals surface area contributed by atoms with E-state index in [0.717, 1.165) is 34.6 Å². The summed E-state index contributed by atoms with van der Waals surface area (Å²) < 4.78 is 13.6. The van der Waals surface area contributed by atoms with Crippen LogP contribution >= 0.6 is 15.9 Å². The molecule has 0 radical (unpaired) electrons. The highest BCUT2D eigenvalue weighted by molar-refractivity contribution is 9.10. The fraction of sp³-hybridized carbons (Fsp3) is 0.533. The third-order valence-electron chi connectivity index (χ3n) is 3.34. The molecule has 1 N–H and O–H groups in total. The van der Waals surface area contributed by atoms with E-state index in [4.69, 9.17) is 9.15 Å². The van der Waals surface area contributed by atoms with Gasteiger partial charge in [-0.1, -0.05) is 6.92 Å². The van der Waals surface area contributed by atoms with Crippen molar-refractivity contribution in [2.75, 3.05) is 13.7 Å². The van der Waals surface area contributed by atoms with Gasteiger partial charge >= 0.3 is 0 Å². The first kappa shape index (κ1) is 16.1. The Balaban J connectivity index is 2.50. The Morgan fingerprint density at radius 1 is 1.48 bits per heavy atom. The molecule has 0 saturated heterocycles. The van der Waals surface area contributed by atoms with Gasteiger partial charge in [0.25, 0.3) is 0 Å². The van der Waals surface area contributed by atoms with Crippen molar-refractivity contribution >= 4 is 15.9 Å². The van der Waals surface area contributed by atoms with E-state index in [1.54, 1.807) is 19.6 Å². The fourth-order valence-corrected chi connectivity index (χ4v) is 2.82. The Morgan fingerprint density at radius 3 is 2.76 bits per heavy atom. The van der Waals surface area contributed by atoms with Crippen molar-refractivity contribution in [2.45, 2.75) is 39.3 Å². The first-order valence-electron chi connectivity index (χ1n) is 7.17. The molecular formula is C15H22BrN3O2. The Morgan fingerprint density at radius 2 is 2.24 bits per heavy atom. The SMILES string of the molecule is CCCNC(c1ccoc1Br)c1c(OC)cnn1C(C)C. The highest BCUT2D eigenvalue weighted by atomic mass is 79.9. The van der Waals surface area contributed by atoms with Crippen molar-refractivity contribution in [1.82, 2.24) is 15.1 Å². The number of methoxy groups -OCH3 is 1. The summed E-state index contributed by atoms with van der Waals surface area (Å²) in [5.74, 6) is 0.783. The van der Waals surface area contributed by atoms with Crippen molar-refractivity contribution in [2.24, 2.45) is 0 Å². The Kier molecular flexibility index (Phi) is 5.47. The molecule has 2 heterocycles. The minimum absolute atomic E-state index is 0.0297. The smallest absolute Gasteiger partial charge is 0.174 e. The molecule has 0 aromatic carbocycles. The quantitative estimate of drug-likeness (QED) is 0.817. The molecule has 0 amide bonds. The van der Waals surface area contributed by atoms with Crippen molar-refractivity contribution in [3.8, 4) is 5.75 Å². The van der Waals surface area contributed by atoms with Crippen molar-refractivity contribution in [3.63, 3.8) is 0 Å². The maximum absolute atomic E-state index is 5.51. The van der Waals surface area contributed by atoms with Gasteiger partial charge in [0.2, 0.25) is 0 Å². The summed E-state index contributed by atoms with van der Waals surface area (Å²) in [7, 11) is 1.67. The van der Waals surface area contributed by atoms with Crippen molar-refractivity contribution in [1.29, 1.82) is 0 Å². The van der Waals surface area contributed by atoms with Gasteiger partial charge < -0.3 is 14.5 Å². The molecular weight excluding hydrogens is 334 g/mol. The average molecular weight is 356 g/mol. The summed E-state index contributed by atoms with van der Waals surface area (Å²) in [5, 5.41) is 8.01. The summed E-state index contributed by atoms with van der Waals surface area (Å²) in [6.07, 6.45) is 4.50. The molecule has 116 valence electrons. The van der Waals surface area contributed by atoms with Crippen LogP contribution < -0.4 is 10.1 Å². The first-order chi connectivity index (χ1) is 10.1. The van der Waals surface area contributed by atoms with Crippen LogP contribution in [-0.2, 0) is 0 Å². The second kappa shape index (κ2) is 7.13. The lowest BCUT2D eigenvalue weighted by Gasteiger charge is -2.22. The third kappa shape index (κ3) is 3.32. The minimum atomic E-state index is -0.0297. The molecule has 6 heteroatoms. The van der Waals surface area contributed by atoms with Crippen LogP contribution in [0.4, 0.5) is 0 Å². The largest absolute Gasteiger partial charge is 0.493 e. The van der Waals surface area contributed by atoms with Crippen LogP contribution in [0.2, 0.25) is 0 Å². The van der Waals surface area contributed by atoms with Crippen LogP contribution in [0.15, 0.2) is 27.6 Å². The normalized spacial score (nSPS) is 12.9. The molecule has 0 spiro atoms. The van der Waals surface area contributed by atoms with E-state index in [1.807, 2.05) is 10.7 Å². The number of ether oxygens (including phenoxy) is 1. The Bertz CT molecular complexity index is 577. The van der Waals surface area contributed by atoms with E-state index >= 15 is 0 Å². The second-order valence-electron chi connectivity index (χ2n) is 5.17. The average Bonchev–Trinajstić information content (AvgIpc) is 3.06. The van der Waals surface area contributed by atoms with Gasteiger partial charge in [-0.2, -0.15) is 5.10 Å². The minimum Gasteiger partial charge on any atom is -0.493 e. The molecule has 0 aliphatic carbocycles. The molecule has 2 aromatic rings. The maximum Gasteiger partial charge on any atom is 0.174 e. The number of halogens is 1. The lowest BCUT2D eigenvalue weighted by atomic mass is 10.1. The summed E-state index contributed by atoms with van der Waals surface area (Å²) in [6.45, 7) is 7.26. The zero-order chi connectivity index (χ0) is 15.4. The summed E-state index contributed by atoms with van der Waals surface area (Å²) >= 11 is 3.48. The summed E-state index contributed by atoms with van der Waals surface area (Å²) in [4.78, 5) is 0. The molecule has 0 bridgehead atoms. The molecule has 0 fully saturated rings. The van der Waals surface area contributed by atoms with Gasteiger partial charge in [-0.05, 0) is 48.8 Å². The van der Waals surface area contributed by atoms with Gasteiger partial charge in [0.05, 0.1) is 25.6 Å². The van der Waals surface area contributed by atoms with E-state index < -0.39 is 0 Å². The molecule has 0 aliphatic rings. The highest BCUT2D eigenvalue weighted by Crippen LogP contribution is 2.35. The number of furan rings is 1. The first-order valence-corrected chi connectivity index (χ1v) is 7.97. The molecule has 2 rings (SSSR count). The number of aromatic nitrogens is 2. The Hall–Kier alpha value is -1.27. The van der Waals surface area contributed by atoms with Gasteiger partial charge in [-0.15, -0.1) is 0 Å². The molecule has 1 atom stereocenters. The Labute approximate surface area is 133 Å². The lowest BCUT2D eigenvalue weighted by Crippen LogP contribution is -2.26. The van der Waals surface area contributed by atoms with Crippen molar-refractivity contribution < 1.29 is 9.15 Å². The van der Waals surface area contributed by atoms with Crippen LogP contribution in [-0.4, -0.2) is 23.4 Å². The second-order valence-corrected chi connectivity index (χ2v) is 5.89. The molecule has 1 unspecified atom stereocenters. The monoisotopic (exact) mass is 355 g/mol. The van der Waals surface area contributed by atoms with Gasteiger partial charge in [0.1, 0.15) is 5.69 Å². The predicted octanol–water partition coefficient (Wildman–Crippen LogP) is 3.92. The number of nitrogens with one attached hydrogen (secondary N) is 1.